The Morgan fingerprint density at radius 3 is 1.33 bits per heavy atom. The fraction of sp³-hybridized carbons (Fsp3) is 0.176. The van der Waals surface area contributed by atoms with Crippen molar-refractivity contribution in [2.24, 2.45) is 0 Å². The normalized spacial score (nSPS) is 10.1. The maximum atomic E-state index is 11.8. The summed E-state index contributed by atoms with van der Waals surface area (Å²) in [7, 11) is 0. The van der Waals surface area contributed by atoms with Gasteiger partial charge in [-0.05, 0) is 30.7 Å². The van der Waals surface area contributed by atoms with E-state index in [9.17, 15) is 29.8 Å². The third kappa shape index (κ3) is 6.20. The molecule has 0 aliphatic rings. The third-order valence-corrected chi connectivity index (χ3v) is 3.53. The third-order valence-electron chi connectivity index (χ3n) is 3.53. The highest BCUT2D eigenvalue weighted by molar-refractivity contribution is 5.93. The van der Waals surface area contributed by atoms with E-state index in [-0.39, 0.29) is 36.0 Å². The molecule has 10 nitrogen and oxygen atoms in total. The summed E-state index contributed by atoms with van der Waals surface area (Å²) in [5.74, 6) is -0.626. The number of rotatable bonds is 8. The van der Waals surface area contributed by atoms with Gasteiger partial charge in [-0.3, -0.25) is 29.8 Å². The van der Waals surface area contributed by atoms with Gasteiger partial charge in [0.25, 0.3) is 11.4 Å². The Morgan fingerprint density at radius 1 is 0.704 bits per heavy atom. The van der Waals surface area contributed by atoms with E-state index in [1.807, 2.05) is 0 Å². The van der Waals surface area contributed by atoms with Gasteiger partial charge >= 0.3 is 0 Å². The second-order valence-electron chi connectivity index (χ2n) is 5.56. The molecule has 0 fully saturated rings. The lowest BCUT2D eigenvalue weighted by molar-refractivity contribution is -0.385. The molecule has 0 atom stereocenters. The van der Waals surface area contributed by atoms with Crippen LogP contribution >= 0.6 is 0 Å². The molecule has 0 aliphatic carbocycles. The largest absolute Gasteiger partial charge is 0.326 e. The molecule has 27 heavy (non-hydrogen) atoms. The van der Waals surface area contributed by atoms with Crippen molar-refractivity contribution in [1.82, 2.24) is 0 Å². The Balaban J connectivity index is 1.73. The van der Waals surface area contributed by atoms with Crippen LogP contribution in [0.1, 0.15) is 19.3 Å². The summed E-state index contributed by atoms with van der Waals surface area (Å²) < 4.78 is 0. The molecule has 0 saturated carbocycles. The highest BCUT2D eigenvalue weighted by Crippen LogP contribution is 2.17. The van der Waals surface area contributed by atoms with Gasteiger partial charge in [0.2, 0.25) is 11.8 Å². The van der Waals surface area contributed by atoms with Gasteiger partial charge in [-0.1, -0.05) is 0 Å². The predicted molar refractivity (Wildman–Crippen MR) is 97.3 cm³/mol. The van der Waals surface area contributed by atoms with Gasteiger partial charge in [0.15, 0.2) is 0 Å². The second-order valence-corrected chi connectivity index (χ2v) is 5.56. The molecule has 0 aliphatic heterocycles. The molecule has 10 heteroatoms. The van der Waals surface area contributed by atoms with Crippen LogP contribution in [0.4, 0.5) is 22.7 Å². The molecule has 0 heterocycles. The summed E-state index contributed by atoms with van der Waals surface area (Å²) >= 11 is 0. The fourth-order valence-electron chi connectivity index (χ4n) is 2.19. The molecule has 0 unspecified atom stereocenters. The van der Waals surface area contributed by atoms with Crippen molar-refractivity contribution in [2.45, 2.75) is 19.3 Å². The zero-order valence-corrected chi connectivity index (χ0v) is 14.1. The number of amides is 2. The minimum atomic E-state index is -0.533. The molecular formula is C17H16N4O6. The SMILES string of the molecule is O=C(CCCC(=O)Nc1ccc([N+](=O)[O-])cc1)Nc1ccc([N+](=O)[O-])cc1. The Bertz CT molecular complexity index is 777. The first-order valence-electron chi connectivity index (χ1n) is 7.94. The van der Waals surface area contributed by atoms with Crippen LogP contribution in [0.5, 0.6) is 0 Å². The number of hydrogen-bond acceptors (Lipinski definition) is 6. The van der Waals surface area contributed by atoms with Crippen LogP contribution in [0, 0.1) is 20.2 Å². The Morgan fingerprint density at radius 2 is 1.04 bits per heavy atom. The first-order chi connectivity index (χ1) is 12.8. The Kier molecular flexibility index (Phi) is 6.53. The van der Waals surface area contributed by atoms with Gasteiger partial charge < -0.3 is 10.6 Å². The molecule has 2 aromatic carbocycles. The van der Waals surface area contributed by atoms with Crippen LogP contribution in [-0.2, 0) is 9.59 Å². The summed E-state index contributed by atoms with van der Waals surface area (Å²) in [4.78, 5) is 43.7. The molecule has 140 valence electrons. The summed E-state index contributed by atoms with van der Waals surface area (Å²) in [6.45, 7) is 0. The quantitative estimate of drug-likeness (QED) is 0.537. The minimum absolute atomic E-state index is 0.0732. The lowest BCUT2D eigenvalue weighted by Crippen LogP contribution is -2.14. The van der Waals surface area contributed by atoms with Crippen LogP contribution in [0.2, 0.25) is 0 Å². The number of non-ortho nitro benzene ring substituents is 2. The number of carbonyl (C=O) groups is 2. The lowest BCUT2D eigenvalue weighted by Gasteiger charge is -2.06. The van der Waals surface area contributed by atoms with Crippen LogP contribution in [0.3, 0.4) is 0 Å². The number of benzene rings is 2. The van der Waals surface area contributed by atoms with Crippen LogP contribution in [0.25, 0.3) is 0 Å². The number of anilines is 2. The number of nitrogens with zero attached hydrogens (tertiary/aromatic N) is 2. The zero-order chi connectivity index (χ0) is 19.8. The molecule has 2 rings (SSSR count). The number of carbonyl (C=O) groups excluding carboxylic acids is 2. The van der Waals surface area contributed by atoms with E-state index in [1.165, 1.54) is 48.5 Å². The van der Waals surface area contributed by atoms with Gasteiger partial charge in [0.05, 0.1) is 9.85 Å². The number of nitro groups is 2. The van der Waals surface area contributed by atoms with Crippen LogP contribution < -0.4 is 10.6 Å². The maximum Gasteiger partial charge on any atom is 0.269 e. The maximum absolute atomic E-state index is 11.8. The van der Waals surface area contributed by atoms with Gasteiger partial charge in [0, 0.05) is 48.5 Å². The van der Waals surface area contributed by atoms with E-state index in [0.717, 1.165) is 0 Å². The second kappa shape index (κ2) is 9.04. The fourth-order valence-corrected chi connectivity index (χ4v) is 2.19. The van der Waals surface area contributed by atoms with Gasteiger partial charge in [0.1, 0.15) is 0 Å². The standard InChI is InChI=1S/C17H16N4O6/c22-16(18-12-4-8-14(9-5-12)20(24)25)2-1-3-17(23)19-13-6-10-15(11-7-13)21(26)27/h4-11H,1-3H2,(H,18,22)(H,19,23). The zero-order valence-electron chi connectivity index (χ0n) is 14.1. The van der Waals surface area contributed by atoms with E-state index in [4.69, 9.17) is 0 Å². The van der Waals surface area contributed by atoms with Crippen LogP contribution in [0.15, 0.2) is 48.5 Å². The van der Waals surface area contributed by atoms with Crippen molar-refractivity contribution in [3.05, 3.63) is 68.8 Å². The van der Waals surface area contributed by atoms with Crippen molar-refractivity contribution in [2.75, 3.05) is 10.6 Å². The number of nitrogens with one attached hydrogen (secondary N) is 2. The van der Waals surface area contributed by atoms with E-state index in [2.05, 4.69) is 10.6 Å². The lowest BCUT2D eigenvalue weighted by atomic mass is 10.2. The molecule has 0 radical (unpaired) electrons. The van der Waals surface area contributed by atoms with E-state index < -0.39 is 9.85 Å². The molecule has 0 spiro atoms. The van der Waals surface area contributed by atoms with Crippen molar-refractivity contribution >= 4 is 34.6 Å². The van der Waals surface area contributed by atoms with E-state index in [0.29, 0.717) is 17.8 Å². The average Bonchev–Trinajstić information content (AvgIpc) is 2.62. The first kappa shape index (κ1) is 19.5. The summed E-state index contributed by atoms with van der Waals surface area (Å²) in [6.07, 6.45) is 0.507. The smallest absolute Gasteiger partial charge is 0.269 e. The molecule has 0 aromatic heterocycles. The highest BCUT2D eigenvalue weighted by atomic mass is 16.6. The molecular weight excluding hydrogens is 356 g/mol. The minimum Gasteiger partial charge on any atom is -0.326 e. The summed E-state index contributed by atoms with van der Waals surface area (Å²) in [5.41, 5.74) is 0.716. The topological polar surface area (TPSA) is 144 Å². The molecule has 2 aromatic rings. The Hall–Kier alpha value is -3.82. The number of nitro benzene ring substituents is 2. The van der Waals surface area contributed by atoms with Gasteiger partial charge in [-0.25, -0.2) is 0 Å². The van der Waals surface area contributed by atoms with Gasteiger partial charge in [-0.2, -0.15) is 0 Å². The van der Waals surface area contributed by atoms with Crippen molar-refractivity contribution in [3.63, 3.8) is 0 Å². The Labute approximate surface area is 153 Å². The molecule has 0 bridgehead atoms. The molecule has 2 amide bonds. The summed E-state index contributed by atoms with van der Waals surface area (Å²) in [5, 5.41) is 26.3. The molecule has 0 saturated heterocycles. The predicted octanol–water partition coefficient (Wildman–Crippen LogP) is 3.25. The average molecular weight is 372 g/mol. The van der Waals surface area contributed by atoms with E-state index in [1.54, 1.807) is 0 Å². The molecule has 2 N–H and O–H groups in total. The van der Waals surface area contributed by atoms with Crippen molar-refractivity contribution < 1.29 is 19.4 Å². The highest BCUT2D eigenvalue weighted by Gasteiger charge is 2.09. The number of hydrogen-bond donors (Lipinski definition) is 2. The monoisotopic (exact) mass is 372 g/mol. The van der Waals surface area contributed by atoms with Crippen LogP contribution in [-0.4, -0.2) is 21.7 Å². The summed E-state index contributed by atoms with van der Waals surface area (Å²) in [6, 6.07) is 10.9. The van der Waals surface area contributed by atoms with Crippen molar-refractivity contribution in [3.8, 4) is 0 Å². The van der Waals surface area contributed by atoms with Crippen molar-refractivity contribution in [1.29, 1.82) is 0 Å². The van der Waals surface area contributed by atoms with Gasteiger partial charge in [-0.15, -0.1) is 0 Å². The first-order valence-corrected chi connectivity index (χ1v) is 7.94. The van der Waals surface area contributed by atoms with E-state index >= 15 is 0 Å².